The van der Waals surface area contributed by atoms with E-state index in [1.54, 1.807) is 6.07 Å². The maximum atomic E-state index is 14.0. The molecule has 0 bridgehead atoms. The van der Waals surface area contributed by atoms with E-state index in [-0.39, 0.29) is 49.0 Å². The molecule has 0 aromatic heterocycles. The molecule has 0 spiro atoms. The summed E-state index contributed by atoms with van der Waals surface area (Å²) >= 11 is 0. The number of benzene rings is 4. The summed E-state index contributed by atoms with van der Waals surface area (Å²) in [5, 5.41) is 2.56. The van der Waals surface area contributed by atoms with Crippen LogP contribution in [0, 0.1) is 5.92 Å². The number of nitrogens with one attached hydrogen (secondary N) is 1. The van der Waals surface area contributed by atoms with Crippen molar-refractivity contribution in [1.29, 1.82) is 0 Å². The molecule has 3 atom stereocenters. The van der Waals surface area contributed by atoms with Crippen LogP contribution in [0.3, 0.4) is 0 Å². The number of esters is 3. The Kier molecular flexibility index (Phi) is 14.0. The molecule has 0 saturated heterocycles. The fraction of sp³-hybridized carbons (Fsp3) is 0.326. The maximum absolute atomic E-state index is 14.0. The van der Waals surface area contributed by atoms with Gasteiger partial charge in [-0.05, 0) is 53.1 Å². The molecule has 0 fully saturated rings. The third kappa shape index (κ3) is 10.2. The Hall–Kier alpha value is -5.98. The smallest absolute Gasteiger partial charge is 0.467 e. The topological polar surface area (TPSA) is 128 Å². The third-order valence-electron chi connectivity index (χ3n) is 9.72. The van der Waals surface area contributed by atoms with Gasteiger partial charge in [0.25, 0.3) is 0 Å². The van der Waals surface area contributed by atoms with Crippen molar-refractivity contribution in [2.45, 2.75) is 63.4 Å². The molecule has 4 aromatic carbocycles. The minimum Gasteiger partial charge on any atom is -0.467 e. The van der Waals surface area contributed by atoms with E-state index in [1.165, 1.54) is 24.3 Å². The van der Waals surface area contributed by atoms with E-state index >= 15 is 0 Å². The van der Waals surface area contributed by atoms with Crippen molar-refractivity contribution in [3.8, 4) is 11.1 Å². The van der Waals surface area contributed by atoms with Gasteiger partial charge in [0.1, 0.15) is 25.3 Å². The monoisotopic (exact) mass is 772 g/mol. The van der Waals surface area contributed by atoms with Crippen LogP contribution < -0.4 is 5.32 Å². The molecule has 13 heteroatoms. The van der Waals surface area contributed by atoms with Gasteiger partial charge in [0.05, 0.1) is 13.0 Å². The number of rotatable bonds is 17. The van der Waals surface area contributed by atoms with Crippen LogP contribution >= 0.6 is 0 Å². The van der Waals surface area contributed by atoms with E-state index in [2.05, 4.69) is 10.1 Å². The van der Waals surface area contributed by atoms with Crippen molar-refractivity contribution in [1.82, 2.24) is 10.2 Å². The van der Waals surface area contributed by atoms with Crippen LogP contribution in [0.15, 0.2) is 109 Å². The summed E-state index contributed by atoms with van der Waals surface area (Å²) < 4.78 is 57.9. The first-order valence-corrected chi connectivity index (χ1v) is 18.2. The van der Waals surface area contributed by atoms with E-state index in [0.717, 1.165) is 41.9 Å². The second-order valence-corrected chi connectivity index (χ2v) is 13.4. The van der Waals surface area contributed by atoms with Gasteiger partial charge in [0.15, 0.2) is 0 Å². The molecule has 1 aliphatic carbocycles. The number of ether oxygens (including phenoxy) is 3. The Morgan fingerprint density at radius 1 is 0.750 bits per heavy atom. The van der Waals surface area contributed by atoms with Crippen molar-refractivity contribution in [2.24, 2.45) is 5.92 Å². The van der Waals surface area contributed by atoms with Gasteiger partial charge < -0.3 is 24.4 Å². The molecule has 1 N–H and O–H groups in total. The van der Waals surface area contributed by atoms with E-state index in [0.29, 0.717) is 12.8 Å². The van der Waals surface area contributed by atoms with Crippen molar-refractivity contribution in [2.75, 3.05) is 20.3 Å². The molecule has 294 valence electrons. The molecule has 2 amide bonds. The molecule has 1 aliphatic rings. The van der Waals surface area contributed by atoms with Gasteiger partial charge in [0, 0.05) is 18.9 Å². The van der Waals surface area contributed by atoms with Crippen LogP contribution in [-0.4, -0.2) is 67.1 Å². The maximum Gasteiger partial charge on any atom is 0.471 e. The lowest BCUT2D eigenvalue weighted by Crippen LogP contribution is -2.55. The molecule has 0 heterocycles. The van der Waals surface area contributed by atoms with Crippen molar-refractivity contribution >= 4 is 29.7 Å². The second-order valence-electron chi connectivity index (χ2n) is 13.4. The molecule has 10 nitrogen and oxygen atoms in total. The van der Waals surface area contributed by atoms with Crippen molar-refractivity contribution in [3.05, 3.63) is 131 Å². The predicted molar refractivity (Wildman–Crippen MR) is 199 cm³/mol. The Labute approximate surface area is 322 Å². The number of nitrogens with zero attached hydrogens (tertiary/aromatic N) is 1. The number of amides is 2. The first-order valence-electron chi connectivity index (χ1n) is 18.2. The van der Waals surface area contributed by atoms with Crippen molar-refractivity contribution in [3.63, 3.8) is 0 Å². The fourth-order valence-corrected chi connectivity index (χ4v) is 6.84. The number of hydrogen-bond acceptors (Lipinski definition) is 8. The molecule has 0 radical (unpaired) electrons. The van der Waals surface area contributed by atoms with Gasteiger partial charge in [0.2, 0.25) is 5.91 Å². The highest BCUT2D eigenvalue weighted by molar-refractivity contribution is 5.94. The van der Waals surface area contributed by atoms with Crippen molar-refractivity contribution < 1.29 is 51.4 Å². The molecule has 0 saturated carbocycles. The first kappa shape index (κ1) is 41.2. The van der Waals surface area contributed by atoms with Gasteiger partial charge in [-0.3, -0.25) is 19.2 Å². The summed E-state index contributed by atoms with van der Waals surface area (Å²) in [6, 6.07) is 28.2. The average molecular weight is 773 g/mol. The molecular weight excluding hydrogens is 729 g/mol. The van der Waals surface area contributed by atoms with Crippen LogP contribution in [0.5, 0.6) is 0 Å². The number of hydrogen-bond donors (Lipinski definition) is 1. The Balaban J connectivity index is 1.33. The molecule has 4 aromatic rings. The Bertz CT molecular complexity index is 1940. The van der Waals surface area contributed by atoms with Gasteiger partial charge in [-0.25, -0.2) is 4.79 Å². The summed E-state index contributed by atoms with van der Waals surface area (Å²) in [7, 11) is 0.953. The van der Waals surface area contributed by atoms with E-state index in [1.807, 2.05) is 78.9 Å². The van der Waals surface area contributed by atoms with E-state index in [9.17, 15) is 37.1 Å². The SMILES string of the molecule is COC(=O)C(C)N(C(=O)C(F)(F)F)C(C(=O)NCC(CCCCC(=O)OCc1ccccc1)C(=O)OCC1c2ccccc2-c2ccccc21)c1ccccc1. The summed E-state index contributed by atoms with van der Waals surface area (Å²) in [6.45, 7) is 0.750. The van der Waals surface area contributed by atoms with E-state index in [4.69, 9.17) is 9.47 Å². The standard InChI is InChI=1S/C43H43F3N2O8/c1-28(40(51)54-2)48(42(53)43(44,45)46)38(30-17-7-4-8-18-30)39(50)47-25-31(19-9-14-24-37(49)55-26-29-15-5-3-6-16-29)41(52)56-27-36-34-22-12-10-20-32(34)33-21-11-13-23-35(33)36/h3-8,10-13,15-18,20-23,28,31,36,38H,9,14,19,24-27H2,1-2H3,(H,47,50). The number of carbonyl (C=O) groups excluding carboxylic acids is 5. The highest BCUT2D eigenvalue weighted by Crippen LogP contribution is 2.44. The molecule has 56 heavy (non-hydrogen) atoms. The zero-order chi connectivity index (χ0) is 40.2. The largest absolute Gasteiger partial charge is 0.471 e. The zero-order valence-electron chi connectivity index (χ0n) is 31.0. The Morgan fingerprint density at radius 3 is 1.91 bits per heavy atom. The molecular formula is C43H43F3N2O8. The lowest BCUT2D eigenvalue weighted by molar-refractivity contribution is -0.193. The van der Waals surface area contributed by atoms with E-state index < -0.39 is 53.9 Å². The molecule has 5 rings (SSSR count). The van der Waals surface area contributed by atoms with Gasteiger partial charge in [-0.2, -0.15) is 13.2 Å². The van der Waals surface area contributed by atoms with Crippen LogP contribution in [0.2, 0.25) is 0 Å². The molecule has 3 unspecified atom stereocenters. The van der Waals surface area contributed by atoms with Gasteiger partial charge >= 0.3 is 30.0 Å². The number of alkyl halides is 3. The number of fused-ring (bicyclic) bond motifs is 3. The highest BCUT2D eigenvalue weighted by Gasteiger charge is 2.50. The Morgan fingerprint density at radius 2 is 1.32 bits per heavy atom. The lowest BCUT2D eigenvalue weighted by Gasteiger charge is -2.35. The summed E-state index contributed by atoms with van der Waals surface area (Å²) in [5.74, 6) is -7.01. The van der Waals surface area contributed by atoms with Gasteiger partial charge in [-0.15, -0.1) is 0 Å². The summed E-state index contributed by atoms with van der Waals surface area (Å²) in [5.41, 5.74) is 4.85. The van der Waals surface area contributed by atoms with Crippen LogP contribution in [0.4, 0.5) is 13.2 Å². The highest BCUT2D eigenvalue weighted by atomic mass is 19.4. The predicted octanol–water partition coefficient (Wildman–Crippen LogP) is 7.07. The second kappa shape index (κ2) is 19.1. The molecule has 0 aliphatic heterocycles. The summed E-state index contributed by atoms with van der Waals surface area (Å²) in [4.78, 5) is 65.8. The zero-order valence-corrected chi connectivity index (χ0v) is 31.0. The number of methoxy groups -OCH3 is 1. The first-order chi connectivity index (χ1) is 26.9. The number of unbranched alkanes of at least 4 members (excludes halogenated alkanes) is 1. The minimum absolute atomic E-state index is 0.00920. The van der Waals surface area contributed by atoms with Crippen LogP contribution in [0.25, 0.3) is 11.1 Å². The number of halogens is 3. The lowest BCUT2D eigenvalue weighted by atomic mass is 9.97. The average Bonchev–Trinajstić information content (AvgIpc) is 3.53. The number of carbonyl (C=O) groups is 5. The fourth-order valence-electron chi connectivity index (χ4n) is 6.84. The van der Waals surface area contributed by atoms with Crippen LogP contribution in [-0.2, 0) is 44.8 Å². The van der Waals surface area contributed by atoms with Gasteiger partial charge in [-0.1, -0.05) is 116 Å². The summed E-state index contributed by atoms with van der Waals surface area (Å²) in [6.07, 6.45) is -4.56. The normalized spacial score (nSPS) is 13.7. The quantitative estimate of drug-likeness (QED) is 0.0686. The minimum atomic E-state index is -5.44. The third-order valence-corrected chi connectivity index (χ3v) is 9.72. The van der Waals surface area contributed by atoms with Crippen LogP contribution in [0.1, 0.15) is 66.8 Å².